The number of hydrogen-bond acceptors (Lipinski definition) is 5. The molecule has 0 aromatic heterocycles. The fourth-order valence-electron chi connectivity index (χ4n) is 3.43. The summed E-state index contributed by atoms with van der Waals surface area (Å²) in [4.78, 5) is 23.6. The van der Waals surface area contributed by atoms with E-state index in [1.54, 1.807) is 0 Å². The first kappa shape index (κ1) is 22.5. The molecule has 9 heteroatoms. The summed E-state index contributed by atoms with van der Waals surface area (Å²) in [5.74, 6) is -0.491. The van der Waals surface area contributed by atoms with Crippen LogP contribution in [0.1, 0.15) is 0 Å². The number of rotatable bonds is 6. The summed E-state index contributed by atoms with van der Waals surface area (Å²) in [6.45, 7) is 0. The van der Waals surface area contributed by atoms with Gasteiger partial charge in [0.15, 0.2) is 9.79 Å². The van der Waals surface area contributed by atoms with Crippen molar-refractivity contribution < 1.29 is 15.0 Å². The second-order valence-corrected chi connectivity index (χ2v) is 9.72. The van der Waals surface area contributed by atoms with Crippen molar-refractivity contribution in [2.45, 2.75) is 14.7 Å². The third kappa shape index (κ3) is 4.46. The van der Waals surface area contributed by atoms with Crippen molar-refractivity contribution in [1.82, 2.24) is 0 Å². The standard InChI is InChI=1S/C24H15BrN2O5S/c25-21-15-16(26(29)30)11-12-19(21)20-13-14-22(27(31)32)24(23(20)28)33(17-7-3-1-4-8-17)18-9-5-2-6-10-18/h1-15H. The molecular formula is C24H15BrN2O5S. The van der Waals surface area contributed by atoms with Gasteiger partial charge in [0.2, 0.25) is 4.90 Å². The molecule has 33 heavy (non-hydrogen) atoms. The molecule has 0 bridgehead atoms. The van der Waals surface area contributed by atoms with E-state index in [9.17, 15) is 25.3 Å². The lowest BCUT2D eigenvalue weighted by atomic mass is 10.0. The van der Waals surface area contributed by atoms with Crippen LogP contribution in [-0.4, -0.2) is 9.85 Å². The molecule has 0 aliphatic carbocycles. The SMILES string of the molecule is O=[N+]([O-])c1ccc(-c2ccc([N+](=O)[O-])c([S+](c3ccccc3)c3ccccc3)c2[O-])c(Br)c1. The molecule has 4 rings (SSSR count). The molecular weight excluding hydrogens is 508 g/mol. The topological polar surface area (TPSA) is 109 Å². The number of non-ortho nitro benzene ring substituents is 1. The average molecular weight is 523 g/mol. The van der Waals surface area contributed by atoms with Crippen molar-refractivity contribution in [2.75, 3.05) is 0 Å². The summed E-state index contributed by atoms with van der Waals surface area (Å²) in [6, 6.07) is 25.1. The summed E-state index contributed by atoms with van der Waals surface area (Å²) in [6.07, 6.45) is 0. The van der Waals surface area contributed by atoms with Crippen LogP contribution >= 0.6 is 15.9 Å². The third-order valence-corrected chi connectivity index (χ3v) is 7.85. The van der Waals surface area contributed by atoms with E-state index < -0.39 is 26.5 Å². The number of halogens is 1. The zero-order chi connectivity index (χ0) is 23.5. The van der Waals surface area contributed by atoms with Crippen LogP contribution in [0, 0.1) is 20.2 Å². The molecule has 0 saturated heterocycles. The number of nitro benzene ring substituents is 2. The summed E-state index contributed by atoms with van der Waals surface area (Å²) in [7, 11) is -1.04. The molecule has 0 unspecified atom stereocenters. The molecule has 4 aromatic rings. The Morgan fingerprint density at radius 3 is 1.73 bits per heavy atom. The highest BCUT2D eigenvalue weighted by molar-refractivity contribution is 9.10. The monoisotopic (exact) mass is 522 g/mol. The van der Waals surface area contributed by atoms with Gasteiger partial charge in [0.1, 0.15) is 10.9 Å². The Morgan fingerprint density at radius 1 is 0.697 bits per heavy atom. The molecule has 0 aliphatic rings. The Labute approximate surface area is 200 Å². The maximum Gasteiger partial charge on any atom is 0.324 e. The van der Waals surface area contributed by atoms with Gasteiger partial charge in [-0.05, 0) is 69.2 Å². The van der Waals surface area contributed by atoms with Gasteiger partial charge < -0.3 is 5.11 Å². The molecule has 0 saturated carbocycles. The van der Waals surface area contributed by atoms with E-state index >= 15 is 0 Å². The Hall–Kier alpha value is -3.69. The lowest BCUT2D eigenvalue weighted by Gasteiger charge is -2.19. The highest BCUT2D eigenvalue weighted by atomic mass is 79.9. The van der Waals surface area contributed by atoms with Crippen molar-refractivity contribution in [3.63, 3.8) is 0 Å². The highest BCUT2D eigenvalue weighted by Crippen LogP contribution is 2.46. The van der Waals surface area contributed by atoms with Crippen LogP contribution in [0.3, 0.4) is 0 Å². The van der Waals surface area contributed by atoms with Crippen LogP contribution in [0.25, 0.3) is 11.1 Å². The number of benzene rings is 4. The lowest BCUT2D eigenvalue weighted by Crippen LogP contribution is -2.12. The van der Waals surface area contributed by atoms with E-state index in [-0.39, 0.29) is 21.8 Å². The largest absolute Gasteiger partial charge is 0.868 e. The number of hydrogen-bond donors (Lipinski definition) is 0. The van der Waals surface area contributed by atoms with Gasteiger partial charge in [-0.15, -0.1) is 0 Å². The molecule has 0 amide bonds. The molecule has 0 spiro atoms. The van der Waals surface area contributed by atoms with E-state index in [2.05, 4.69) is 15.9 Å². The van der Waals surface area contributed by atoms with Crippen LogP contribution in [-0.2, 0) is 10.9 Å². The maximum atomic E-state index is 13.8. The fourth-order valence-corrected chi connectivity index (χ4v) is 6.26. The Morgan fingerprint density at radius 2 is 1.24 bits per heavy atom. The van der Waals surface area contributed by atoms with E-state index in [1.807, 2.05) is 60.7 Å². The summed E-state index contributed by atoms with van der Waals surface area (Å²) >= 11 is 3.31. The van der Waals surface area contributed by atoms with Crippen molar-refractivity contribution in [2.24, 2.45) is 0 Å². The number of nitrogens with zero attached hydrogens (tertiary/aromatic N) is 2. The Bertz CT molecular complexity index is 1310. The molecule has 4 aromatic carbocycles. The molecule has 7 nitrogen and oxygen atoms in total. The maximum absolute atomic E-state index is 13.8. The minimum atomic E-state index is -1.04. The van der Waals surface area contributed by atoms with Gasteiger partial charge >= 0.3 is 5.69 Å². The number of nitro groups is 2. The van der Waals surface area contributed by atoms with Crippen molar-refractivity contribution in [3.8, 4) is 16.9 Å². The summed E-state index contributed by atoms with van der Waals surface area (Å²) < 4.78 is 0.355. The minimum Gasteiger partial charge on any atom is -0.868 e. The smallest absolute Gasteiger partial charge is 0.324 e. The quantitative estimate of drug-likeness (QED) is 0.172. The van der Waals surface area contributed by atoms with Crippen molar-refractivity contribution >= 4 is 38.2 Å². The zero-order valence-electron chi connectivity index (χ0n) is 16.9. The van der Waals surface area contributed by atoms with Gasteiger partial charge in [0, 0.05) is 22.7 Å². The predicted octanol–water partition coefficient (Wildman–Crippen LogP) is 6.10. The molecule has 0 atom stereocenters. The second kappa shape index (κ2) is 9.43. The molecule has 0 fully saturated rings. The highest BCUT2D eigenvalue weighted by Gasteiger charge is 2.37. The van der Waals surface area contributed by atoms with Crippen molar-refractivity contribution in [1.29, 1.82) is 0 Å². The molecule has 0 N–H and O–H groups in total. The van der Waals surface area contributed by atoms with E-state index in [4.69, 9.17) is 0 Å². The van der Waals surface area contributed by atoms with E-state index in [1.165, 1.54) is 30.3 Å². The molecule has 164 valence electrons. The summed E-state index contributed by atoms with van der Waals surface area (Å²) in [5, 5.41) is 36.9. The zero-order valence-corrected chi connectivity index (χ0v) is 19.3. The van der Waals surface area contributed by atoms with Crippen LogP contribution in [0.2, 0.25) is 0 Å². The minimum absolute atomic E-state index is 0.0696. The first-order valence-electron chi connectivity index (χ1n) is 9.65. The van der Waals surface area contributed by atoms with Crippen LogP contribution in [0.5, 0.6) is 5.75 Å². The fraction of sp³-hybridized carbons (Fsp3) is 0. The molecule has 0 aliphatic heterocycles. The van der Waals surface area contributed by atoms with Gasteiger partial charge in [0.25, 0.3) is 5.69 Å². The third-order valence-electron chi connectivity index (χ3n) is 4.90. The lowest BCUT2D eigenvalue weighted by molar-refractivity contribution is -0.389. The Kier molecular flexibility index (Phi) is 6.43. The normalized spacial score (nSPS) is 10.8. The van der Waals surface area contributed by atoms with Crippen molar-refractivity contribution in [3.05, 3.63) is 116 Å². The van der Waals surface area contributed by atoms with E-state index in [0.29, 0.717) is 10.0 Å². The van der Waals surface area contributed by atoms with Gasteiger partial charge in [-0.3, -0.25) is 20.2 Å². The van der Waals surface area contributed by atoms with E-state index in [0.717, 1.165) is 9.79 Å². The summed E-state index contributed by atoms with van der Waals surface area (Å²) in [5.41, 5.74) is 0.250. The van der Waals surface area contributed by atoms with Gasteiger partial charge in [-0.2, -0.15) is 0 Å². The van der Waals surface area contributed by atoms with Crippen LogP contribution in [0.15, 0.2) is 110 Å². The molecule has 0 radical (unpaired) electrons. The predicted molar refractivity (Wildman–Crippen MR) is 127 cm³/mol. The van der Waals surface area contributed by atoms with Crippen LogP contribution < -0.4 is 5.11 Å². The van der Waals surface area contributed by atoms with Gasteiger partial charge in [-0.25, -0.2) is 0 Å². The Balaban J connectivity index is 2.00. The second-order valence-electron chi connectivity index (χ2n) is 6.90. The first-order valence-corrected chi connectivity index (χ1v) is 11.7. The molecule has 0 heterocycles. The van der Waals surface area contributed by atoms with Gasteiger partial charge in [-0.1, -0.05) is 36.4 Å². The van der Waals surface area contributed by atoms with Gasteiger partial charge in [0.05, 0.1) is 9.85 Å². The average Bonchev–Trinajstić information content (AvgIpc) is 2.81. The first-order chi connectivity index (χ1) is 15.9. The van der Waals surface area contributed by atoms with Crippen LogP contribution in [0.4, 0.5) is 11.4 Å².